The lowest BCUT2D eigenvalue weighted by Gasteiger charge is -2.10. The minimum atomic E-state index is 0.537. The number of thiophene rings is 1. The number of nitrogens with zero attached hydrogens (tertiary/aromatic N) is 3. The van der Waals surface area contributed by atoms with Crippen LogP contribution in [0.3, 0.4) is 0 Å². The van der Waals surface area contributed by atoms with E-state index in [0.717, 1.165) is 29.2 Å². The van der Waals surface area contributed by atoms with E-state index in [0.29, 0.717) is 10.6 Å². The summed E-state index contributed by atoms with van der Waals surface area (Å²) in [6, 6.07) is 6.30. The first kappa shape index (κ1) is 11.7. The van der Waals surface area contributed by atoms with Gasteiger partial charge in [0.1, 0.15) is 11.1 Å². The Morgan fingerprint density at radius 1 is 1.50 bits per heavy atom. The van der Waals surface area contributed by atoms with Crippen molar-refractivity contribution in [3.63, 3.8) is 0 Å². The minimum absolute atomic E-state index is 0.537. The highest BCUT2D eigenvalue weighted by Crippen LogP contribution is 2.38. The van der Waals surface area contributed by atoms with Crippen molar-refractivity contribution >= 4 is 24.0 Å². The molecule has 0 bridgehead atoms. The lowest BCUT2D eigenvalue weighted by atomic mass is 10.0. The molecule has 0 saturated heterocycles. The molecule has 0 saturated carbocycles. The molecular weight excluding hydrogens is 262 g/mol. The first-order valence-electron chi connectivity index (χ1n) is 5.58. The van der Waals surface area contributed by atoms with Gasteiger partial charge < -0.3 is 0 Å². The van der Waals surface area contributed by atoms with Crippen molar-refractivity contribution in [3.8, 4) is 16.5 Å². The number of rotatable bonds is 1. The van der Waals surface area contributed by atoms with Crippen LogP contribution in [0.1, 0.15) is 16.8 Å². The van der Waals surface area contributed by atoms with Gasteiger partial charge in [-0.05, 0) is 24.1 Å². The molecule has 1 aliphatic heterocycles. The zero-order valence-corrected chi connectivity index (χ0v) is 11.6. The average Bonchev–Trinajstić information content (AvgIpc) is 2.95. The van der Waals surface area contributed by atoms with E-state index < -0.39 is 0 Å². The van der Waals surface area contributed by atoms with Gasteiger partial charge in [0.2, 0.25) is 0 Å². The van der Waals surface area contributed by atoms with E-state index in [9.17, 15) is 5.26 Å². The third-order valence-corrected chi connectivity index (χ3v) is 4.30. The summed E-state index contributed by atoms with van der Waals surface area (Å²) in [7, 11) is 2.06. The summed E-state index contributed by atoms with van der Waals surface area (Å²) in [5, 5.41) is 11.9. The molecule has 3 nitrogen and oxygen atoms in total. The van der Waals surface area contributed by atoms with Gasteiger partial charge >= 0.3 is 0 Å². The molecule has 0 atom stereocenters. The zero-order chi connectivity index (χ0) is 12.7. The van der Waals surface area contributed by atoms with E-state index >= 15 is 0 Å². The molecule has 2 aromatic rings. The van der Waals surface area contributed by atoms with Crippen LogP contribution in [0.4, 0.5) is 0 Å². The van der Waals surface area contributed by atoms with E-state index in [-0.39, 0.29) is 0 Å². The molecule has 2 aromatic heterocycles. The van der Waals surface area contributed by atoms with Crippen LogP contribution in [0.2, 0.25) is 0 Å². The van der Waals surface area contributed by atoms with Crippen LogP contribution in [0.25, 0.3) is 10.4 Å². The van der Waals surface area contributed by atoms with Crippen LogP contribution < -0.4 is 0 Å². The second-order valence-corrected chi connectivity index (χ2v) is 5.74. The van der Waals surface area contributed by atoms with Crippen molar-refractivity contribution in [1.29, 1.82) is 5.26 Å². The maximum atomic E-state index is 9.35. The van der Waals surface area contributed by atoms with Crippen LogP contribution in [0.15, 0.2) is 22.5 Å². The highest BCUT2D eigenvalue weighted by molar-refractivity contribution is 7.80. The third kappa shape index (κ3) is 1.74. The Kier molecular flexibility index (Phi) is 2.86. The highest BCUT2D eigenvalue weighted by Gasteiger charge is 2.25. The lowest BCUT2D eigenvalue weighted by molar-refractivity contribution is 0.351. The van der Waals surface area contributed by atoms with E-state index in [1.807, 2.05) is 17.5 Å². The number of nitriles is 1. The smallest absolute Gasteiger partial charge is 0.112 e. The molecule has 0 N–H and O–H groups in total. The Hall–Kier alpha value is -1.35. The van der Waals surface area contributed by atoms with Crippen LogP contribution in [-0.4, -0.2) is 16.9 Å². The summed E-state index contributed by atoms with van der Waals surface area (Å²) in [5.74, 6) is 0. The summed E-state index contributed by atoms with van der Waals surface area (Å²) in [4.78, 5) is 7.77. The van der Waals surface area contributed by atoms with Gasteiger partial charge in [0.15, 0.2) is 0 Å². The molecule has 3 heterocycles. The summed E-state index contributed by atoms with van der Waals surface area (Å²) >= 11 is 6.01. The van der Waals surface area contributed by atoms with Crippen molar-refractivity contribution in [2.45, 2.75) is 18.1 Å². The molecule has 0 unspecified atom stereocenters. The maximum Gasteiger partial charge on any atom is 0.112 e. The van der Waals surface area contributed by atoms with Gasteiger partial charge in [-0.3, -0.25) is 4.90 Å². The SMILES string of the molecule is CN1Cc2nc(S)c(C#N)c(-c3cccs3)c2C1. The first-order valence-corrected chi connectivity index (χ1v) is 6.90. The molecule has 90 valence electrons. The van der Waals surface area contributed by atoms with Crippen LogP contribution in [0, 0.1) is 11.3 Å². The van der Waals surface area contributed by atoms with E-state index in [1.165, 1.54) is 5.56 Å². The van der Waals surface area contributed by atoms with Crippen LogP contribution >= 0.6 is 24.0 Å². The number of pyridine rings is 1. The standard InChI is InChI=1S/C13H11N3S2/c1-16-6-9-10(7-16)15-13(17)8(5-14)12(9)11-3-2-4-18-11/h2-4H,6-7H2,1H3,(H,15,17). The third-order valence-electron chi connectivity index (χ3n) is 3.09. The Morgan fingerprint density at radius 3 is 3.00 bits per heavy atom. The second-order valence-electron chi connectivity index (χ2n) is 4.37. The molecule has 0 spiro atoms. The number of fused-ring (bicyclic) bond motifs is 1. The number of thiol groups is 1. The summed E-state index contributed by atoms with van der Waals surface area (Å²) < 4.78 is 0. The van der Waals surface area contributed by atoms with E-state index in [4.69, 9.17) is 0 Å². The van der Waals surface area contributed by atoms with Gasteiger partial charge in [-0.1, -0.05) is 6.07 Å². The van der Waals surface area contributed by atoms with Crippen molar-refractivity contribution < 1.29 is 0 Å². The fourth-order valence-electron chi connectivity index (χ4n) is 2.34. The number of aromatic nitrogens is 1. The van der Waals surface area contributed by atoms with Gasteiger partial charge in [-0.25, -0.2) is 4.98 Å². The summed E-state index contributed by atoms with van der Waals surface area (Å²) in [6.07, 6.45) is 0. The van der Waals surface area contributed by atoms with Gasteiger partial charge in [-0.15, -0.1) is 24.0 Å². The fraction of sp³-hybridized carbons (Fsp3) is 0.231. The predicted octanol–water partition coefficient (Wildman–Crippen LogP) is 2.92. The van der Waals surface area contributed by atoms with E-state index in [1.54, 1.807) is 11.3 Å². The van der Waals surface area contributed by atoms with Crippen molar-refractivity contribution in [2.75, 3.05) is 7.05 Å². The van der Waals surface area contributed by atoms with Gasteiger partial charge in [0.05, 0.1) is 11.3 Å². The average molecular weight is 273 g/mol. The lowest BCUT2D eigenvalue weighted by Crippen LogP contribution is -2.07. The summed E-state index contributed by atoms with van der Waals surface area (Å²) in [5.41, 5.74) is 3.83. The van der Waals surface area contributed by atoms with Crippen molar-refractivity contribution in [1.82, 2.24) is 9.88 Å². The molecule has 0 radical (unpaired) electrons. The second kappa shape index (κ2) is 4.39. The van der Waals surface area contributed by atoms with Crippen molar-refractivity contribution in [3.05, 3.63) is 34.3 Å². The Balaban J connectivity index is 2.32. The number of hydrogen-bond donors (Lipinski definition) is 1. The van der Waals surface area contributed by atoms with Gasteiger partial charge in [-0.2, -0.15) is 5.26 Å². The molecule has 1 aliphatic rings. The fourth-order valence-corrected chi connectivity index (χ4v) is 3.43. The Labute approximate surface area is 115 Å². The molecule has 5 heteroatoms. The molecular formula is C13H11N3S2. The molecule has 3 rings (SSSR count). The summed E-state index contributed by atoms with van der Waals surface area (Å²) in [6.45, 7) is 1.67. The molecule has 0 aromatic carbocycles. The first-order chi connectivity index (χ1) is 8.70. The molecule has 0 fully saturated rings. The highest BCUT2D eigenvalue weighted by atomic mass is 32.1. The molecule has 18 heavy (non-hydrogen) atoms. The predicted molar refractivity (Wildman–Crippen MR) is 74.7 cm³/mol. The number of hydrogen-bond acceptors (Lipinski definition) is 5. The van der Waals surface area contributed by atoms with Crippen LogP contribution in [-0.2, 0) is 13.1 Å². The largest absolute Gasteiger partial charge is 0.296 e. The minimum Gasteiger partial charge on any atom is -0.296 e. The van der Waals surface area contributed by atoms with E-state index in [2.05, 4.69) is 35.6 Å². The topological polar surface area (TPSA) is 39.9 Å². The zero-order valence-electron chi connectivity index (χ0n) is 9.84. The van der Waals surface area contributed by atoms with Crippen LogP contribution in [0.5, 0.6) is 0 Å². The normalized spacial score (nSPS) is 14.5. The molecule has 0 aliphatic carbocycles. The Bertz CT molecular complexity index is 641. The quantitative estimate of drug-likeness (QED) is 0.812. The molecule has 0 amide bonds. The van der Waals surface area contributed by atoms with Gasteiger partial charge in [0, 0.05) is 23.5 Å². The van der Waals surface area contributed by atoms with Crippen molar-refractivity contribution in [2.24, 2.45) is 0 Å². The Morgan fingerprint density at radius 2 is 2.33 bits per heavy atom. The maximum absolute atomic E-state index is 9.35. The monoisotopic (exact) mass is 273 g/mol. The van der Waals surface area contributed by atoms with Gasteiger partial charge in [0.25, 0.3) is 0 Å².